The van der Waals surface area contributed by atoms with E-state index in [9.17, 15) is 9.59 Å². The first-order valence-corrected chi connectivity index (χ1v) is 5.97. The Hall–Kier alpha value is -1.10. The Balaban J connectivity index is 4.48. The van der Waals surface area contributed by atoms with Gasteiger partial charge in [-0.1, -0.05) is 6.92 Å². The molecule has 0 bridgehead atoms. The van der Waals surface area contributed by atoms with Crippen LogP contribution in [0.4, 0.5) is 0 Å². The Bertz CT molecular complexity index is 271. The lowest BCUT2D eigenvalue weighted by Gasteiger charge is -2.28. The molecule has 0 radical (unpaired) electrons. The Kier molecular flexibility index (Phi) is 6.16. The molecular weight excluding hydrogens is 220 g/mol. The maximum absolute atomic E-state index is 11.9. The van der Waals surface area contributed by atoms with Crippen molar-refractivity contribution < 1.29 is 14.7 Å². The van der Waals surface area contributed by atoms with Crippen LogP contribution < -0.4 is 5.73 Å². The Morgan fingerprint density at radius 2 is 1.94 bits per heavy atom. The van der Waals surface area contributed by atoms with Gasteiger partial charge in [-0.2, -0.15) is 0 Å². The standard InChI is InChI=1S/C12H24N2O3/c1-5-9(2)14(8-11(16)17)10(15)6-7-12(3,4)13/h9H,5-8,13H2,1-4H3,(H,16,17). The highest BCUT2D eigenvalue weighted by Gasteiger charge is 2.23. The first-order valence-electron chi connectivity index (χ1n) is 5.97. The van der Waals surface area contributed by atoms with Gasteiger partial charge in [-0.25, -0.2) is 0 Å². The molecule has 0 aromatic rings. The first-order chi connectivity index (χ1) is 7.67. The van der Waals surface area contributed by atoms with Crippen molar-refractivity contribution in [3.8, 4) is 0 Å². The summed E-state index contributed by atoms with van der Waals surface area (Å²) < 4.78 is 0. The van der Waals surface area contributed by atoms with E-state index in [1.54, 1.807) is 0 Å². The SMILES string of the molecule is CCC(C)N(CC(=O)O)C(=O)CCC(C)(C)N. The Labute approximate surface area is 103 Å². The van der Waals surface area contributed by atoms with E-state index >= 15 is 0 Å². The quantitative estimate of drug-likeness (QED) is 0.705. The van der Waals surface area contributed by atoms with Crippen molar-refractivity contribution in [1.82, 2.24) is 4.90 Å². The van der Waals surface area contributed by atoms with Gasteiger partial charge < -0.3 is 15.7 Å². The summed E-state index contributed by atoms with van der Waals surface area (Å²) >= 11 is 0. The molecule has 1 amide bonds. The summed E-state index contributed by atoms with van der Waals surface area (Å²) in [5.74, 6) is -1.12. The van der Waals surface area contributed by atoms with E-state index in [0.29, 0.717) is 12.8 Å². The molecule has 0 fully saturated rings. The number of carboxylic acids is 1. The fourth-order valence-corrected chi connectivity index (χ4v) is 1.43. The van der Waals surface area contributed by atoms with Crippen LogP contribution in [0.15, 0.2) is 0 Å². The number of hydrogen-bond donors (Lipinski definition) is 2. The number of nitrogens with zero attached hydrogens (tertiary/aromatic N) is 1. The highest BCUT2D eigenvalue weighted by Crippen LogP contribution is 2.12. The van der Waals surface area contributed by atoms with Gasteiger partial charge in [0.25, 0.3) is 0 Å². The molecular formula is C12H24N2O3. The summed E-state index contributed by atoms with van der Waals surface area (Å²) in [7, 11) is 0. The van der Waals surface area contributed by atoms with Crippen molar-refractivity contribution in [1.29, 1.82) is 0 Å². The minimum Gasteiger partial charge on any atom is -0.480 e. The van der Waals surface area contributed by atoms with Crippen LogP contribution in [-0.2, 0) is 9.59 Å². The summed E-state index contributed by atoms with van der Waals surface area (Å²) in [4.78, 5) is 24.1. The molecule has 100 valence electrons. The van der Waals surface area contributed by atoms with E-state index in [4.69, 9.17) is 10.8 Å². The lowest BCUT2D eigenvalue weighted by Crippen LogP contribution is -2.43. The number of amides is 1. The molecule has 3 N–H and O–H groups in total. The topological polar surface area (TPSA) is 83.6 Å². The van der Waals surface area contributed by atoms with Gasteiger partial charge in [0, 0.05) is 18.0 Å². The number of carbonyl (C=O) groups is 2. The number of carbonyl (C=O) groups excluding carboxylic acids is 1. The van der Waals surface area contributed by atoms with Crippen molar-refractivity contribution in [3.63, 3.8) is 0 Å². The average Bonchev–Trinajstić information content (AvgIpc) is 2.20. The average molecular weight is 244 g/mol. The molecule has 0 saturated heterocycles. The molecule has 5 nitrogen and oxygen atoms in total. The van der Waals surface area contributed by atoms with Crippen LogP contribution in [0.2, 0.25) is 0 Å². The van der Waals surface area contributed by atoms with Crippen LogP contribution in [0.1, 0.15) is 47.0 Å². The van der Waals surface area contributed by atoms with Crippen molar-refractivity contribution in [2.24, 2.45) is 5.73 Å². The van der Waals surface area contributed by atoms with Gasteiger partial charge in [-0.15, -0.1) is 0 Å². The van der Waals surface area contributed by atoms with Crippen LogP contribution in [0.5, 0.6) is 0 Å². The molecule has 0 rings (SSSR count). The second-order valence-electron chi connectivity index (χ2n) is 5.16. The van der Waals surface area contributed by atoms with Gasteiger partial charge in [0.05, 0.1) is 0 Å². The second kappa shape index (κ2) is 6.59. The summed E-state index contributed by atoms with van der Waals surface area (Å²) in [6, 6.07) is -0.0560. The fraction of sp³-hybridized carbons (Fsp3) is 0.833. The van der Waals surface area contributed by atoms with Gasteiger partial charge in [0.2, 0.25) is 5.91 Å². The zero-order valence-electron chi connectivity index (χ0n) is 11.2. The van der Waals surface area contributed by atoms with E-state index in [1.165, 1.54) is 4.90 Å². The van der Waals surface area contributed by atoms with E-state index in [-0.39, 0.29) is 18.5 Å². The Morgan fingerprint density at radius 1 is 1.41 bits per heavy atom. The molecule has 17 heavy (non-hydrogen) atoms. The summed E-state index contributed by atoms with van der Waals surface area (Å²) in [6.07, 6.45) is 1.59. The number of rotatable bonds is 7. The highest BCUT2D eigenvalue weighted by molar-refractivity contribution is 5.81. The zero-order chi connectivity index (χ0) is 13.6. The molecule has 0 aliphatic rings. The van der Waals surface area contributed by atoms with Crippen molar-refractivity contribution in [2.75, 3.05) is 6.54 Å². The smallest absolute Gasteiger partial charge is 0.323 e. The Morgan fingerprint density at radius 3 is 2.29 bits per heavy atom. The number of hydrogen-bond acceptors (Lipinski definition) is 3. The normalized spacial score (nSPS) is 13.2. The van der Waals surface area contributed by atoms with Gasteiger partial charge in [-0.05, 0) is 33.6 Å². The summed E-state index contributed by atoms with van der Waals surface area (Å²) in [5.41, 5.74) is 5.40. The van der Waals surface area contributed by atoms with Gasteiger partial charge in [0.15, 0.2) is 0 Å². The number of carboxylic acid groups (broad SMARTS) is 1. The summed E-state index contributed by atoms with van der Waals surface area (Å²) in [5, 5.41) is 8.79. The van der Waals surface area contributed by atoms with Gasteiger partial charge in [0.1, 0.15) is 6.54 Å². The summed E-state index contributed by atoms with van der Waals surface area (Å²) in [6.45, 7) is 7.25. The predicted molar refractivity (Wildman–Crippen MR) is 66.6 cm³/mol. The van der Waals surface area contributed by atoms with Crippen LogP contribution in [-0.4, -0.2) is 40.0 Å². The van der Waals surface area contributed by atoms with Crippen molar-refractivity contribution >= 4 is 11.9 Å². The minimum atomic E-state index is -0.981. The van der Waals surface area contributed by atoms with Crippen LogP contribution >= 0.6 is 0 Å². The van der Waals surface area contributed by atoms with E-state index in [0.717, 1.165) is 6.42 Å². The molecule has 0 aromatic carbocycles. The number of nitrogens with two attached hydrogens (primary N) is 1. The van der Waals surface area contributed by atoms with E-state index < -0.39 is 11.5 Å². The monoisotopic (exact) mass is 244 g/mol. The third-order valence-electron chi connectivity index (χ3n) is 2.73. The van der Waals surface area contributed by atoms with Gasteiger partial charge in [-0.3, -0.25) is 9.59 Å². The molecule has 0 saturated carbocycles. The molecule has 0 aliphatic carbocycles. The van der Waals surface area contributed by atoms with Crippen molar-refractivity contribution in [2.45, 2.75) is 58.5 Å². The highest BCUT2D eigenvalue weighted by atomic mass is 16.4. The van der Waals surface area contributed by atoms with Crippen LogP contribution in [0.3, 0.4) is 0 Å². The third-order valence-corrected chi connectivity index (χ3v) is 2.73. The molecule has 0 spiro atoms. The van der Waals surface area contributed by atoms with Crippen molar-refractivity contribution in [3.05, 3.63) is 0 Å². The van der Waals surface area contributed by atoms with E-state index in [2.05, 4.69) is 0 Å². The molecule has 0 aromatic heterocycles. The zero-order valence-corrected chi connectivity index (χ0v) is 11.2. The van der Waals surface area contributed by atoms with Crippen LogP contribution in [0, 0.1) is 0 Å². The number of aliphatic carboxylic acids is 1. The molecule has 1 atom stereocenters. The van der Waals surface area contributed by atoms with Gasteiger partial charge >= 0.3 is 5.97 Å². The maximum atomic E-state index is 11.9. The predicted octanol–water partition coefficient (Wildman–Crippen LogP) is 1.22. The largest absolute Gasteiger partial charge is 0.480 e. The van der Waals surface area contributed by atoms with Crippen LogP contribution in [0.25, 0.3) is 0 Å². The fourth-order valence-electron chi connectivity index (χ4n) is 1.43. The van der Waals surface area contributed by atoms with E-state index in [1.807, 2.05) is 27.7 Å². The minimum absolute atomic E-state index is 0.0560. The molecule has 0 aliphatic heterocycles. The lowest BCUT2D eigenvalue weighted by atomic mass is 9.99. The molecule has 5 heteroatoms. The molecule has 0 heterocycles. The maximum Gasteiger partial charge on any atom is 0.323 e. The second-order valence-corrected chi connectivity index (χ2v) is 5.16. The first kappa shape index (κ1) is 15.9. The third kappa shape index (κ3) is 6.94. The molecule has 1 unspecified atom stereocenters. The lowest BCUT2D eigenvalue weighted by molar-refractivity contribution is -0.146.